The Morgan fingerprint density at radius 3 is 2.17 bits per heavy atom. The highest BCUT2D eigenvalue weighted by atomic mass is 31.2. The third-order valence-corrected chi connectivity index (χ3v) is 2.08. The van der Waals surface area contributed by atoms with Crippen LogP contribution in [0.2, 0.25) is 0 Å². The van der Waals surface area contributed by atoms with Crippen molar-refractivity contribution in [1.29, 1.82) is 0 Å². The van der Waals surface area contributed by atoms with Gasteiger partial charge in [-0.25, -0.2) is 0 Å². The monoisotopic (exact) mass is 197 g/mol. The van der Waals surface area contributed by atoms with Crippen molar-refractivity contribution in [3.8, 4) is 0 Å². The van der Waals surface area contributed by atoms with Crippen LogP contribution in [0.25, 0.3) is 0 Å². The maximum atomic E-state index is 10.3. The lowest BCUT2D eigenvalue weighted by Crippen LogP contribution is -2.42. The van der Waals surface area contributed by atoms with Crippen LogP contribution in [0.5, 0.6) is 0 Å². The van der Waals surface area contributed by atoms with E-state index in [-0.39, 0.29) is 0 Å². The smallest absolute Gasteiger partial charge is 0.135 e. The van der Waals surface area contributed by atoms with Crippen molar-refractivity contribution >= 4 is 7.60 Å². The van der Waals surface area contributed by atoms with Gasteiger partial charge in [0.05, 0.1) is 21.1 Å². The predicted octanol–water partition coefficient (Wildman–Crippen LogP) is -1.40. The zero-order valence-corrected chi connectivity index (χ0v) is 8.49. The molecule has 2 N–H and O–H groups in total. The first-order valence-electron chi connectivity index (χ1n) is 3.61. The lowest BCUT2D eigenvalue weighted by atomic mass is 10.3. The number of aliphatic hydroxyl groups is 1. The van der Waals surface area contributed by atoms with Crippen molar-refractivity contribution < 1.29 is 23.9 Å². The van der Waals surface area contributed by atoms with E-state index in [4.69, 9.17) is 4.89 Å². The highest BCUT2D eigenvalue weighted by Gasteiger charge is 2.18. The van der Waals surface area contributed by atoms with Crippen molar-refractivity contribution in [3.05, 3.63) is 0 Å². The molecule has 0 aliphatic heterocycles. The van der Waals surface area contributed by atoms with Gasteiger partial charge in [0.2, 0.25) is 0 Å². The molecule has 0 heterocycles. The van der Waals surface area contributed by atoms with E-state index in [0.717, 1.165) is 0 Å². The van der Waals surface area contributed by atoms with Crippen molar-refractivity contribution in [3.63, 3.8) is 0 Å². The molecule has 0 saturated heterocycles. The quantitative estimate of drug-likeness (QED) is 0.429. The van der Waals surface area contributed by atoms with Crippen molar-refractivity contribution in [2.24, 2.45) is 0 Å². The van der Waals surface area contributed by atoms with E-state index in [0.29, 0.717) is 11.0 Å². The Balaban J connectivity index is 3.91. The normalized spacial score (nSPS) is 20.2. The Hall–Kier alpha value is 0.0700. The van der Waals surface area contributed by atoms with Gasteiger partial charge in [0.1, 0.15) is 20.2 Å². The van der Waals surface area contributed by atoms with Gasteiger partial charge in [0.15, 0.2) is 0 Å². The molecular formula is C6H16NO4P. The minimum Gasteiger partial charge on any atom is -0.779 e. The molecule has 0 aromatic heterocycles. The maximum absolute atomic E-state index is 10.3. The zero-order valence-electron chi connectivity index (χ0n) is 7.60. The largest absolute Gasteiger partial charge is 0.779 e. The summed E-state index contributed by atoms with van der Waals surface area (Å²) < 4.78 is 10.8. The van der Waals surface area contributed by atoms with Crippen molar-refractivity contribution in [2.45, 2.75) is 6.10 Å². The van der Waals surface area contributed by atoms with Gasteiger partial charge in [-0.3, -0.25) is 0 Å². The lowest BCUT2D eigenvalue weighted by molar-refractivity contribution is -0.873. The first-order valence-corrected chi connectivity index (χ1v) is 5.38. The molecule has 0 fully saturated rings. The minimum atomic E-state index is -4.32. The fourth-order valence-electron chi connectivity index (χ4n) is 0.956. The van der Waals surface area contributed by atoms with Crippen molar-refractivity contribution in [1.82, 2.24) is 0 Å². The fraction of sp³-hybridized carbons (Fsp3) is 1.00. The molecule has 0 spiro atoms. The summed E-state index contributed by atoms with van der Waals surface area (Å²) in [4.78, 5) is 18.8. The molecular weight excluding hydrogens is 181 g/mol. The minimum absolute atomic E-state index is 0.298. The van der Waals surface area contributed by atoms with E-state index in [1.165, 1.54) is 0 Å². The highest BCUT2D eigenvalue weighted by molar-refractivity contribution is 7.50. The summed E-state index contributed by atoms with van der Waals surface area (Å²) in [5.74, 6) is 0. The Morgan fingerprint density at radius 2 is 1.92 bits per heavy atom. The average Bonchev–Trinajstić information content (AvgIpc) is 1.49. The Morgan fingerprint density at radius 1 is 1.50 bits per heavy atom. The van der Waals surface area contributed by atoms with Gasteiger partial charge >= 0.3 is 0 Å². The third kappa shape index (κ3) is 8.17. The number of nitrogens with zero attached hydrogens (tertiary/aromatic N) is 1. The molecule has 74 valence electrons. The van der Waals surface area contributed by atoms with Crippen LogP contribution in [0.3, 0.4) is 0 Å². The van der Waals surface area contributed by atoms with Crippen LogP contribution in [0.1, 0.15) is 0 Å². The molecule has 6 heteroatoms. The molecule has 0 aliphatic rings. The number of rotatable bonds is 4. The average molecular weight is 197 g/mol. The van der Waals surface area contributed by atoms with Gasteiger partial charge in [-0.2, -0.15) is 0 Å². The van der Waals surface area contributed by atoms with E-state index in [1.807, 2.05) is 21.1 Å². The van der Waals surface area contributed by atoms with E-state index in [9.17, 15) is 14.6 Å². The molecule has 0 rings (SSSR count). The maximum Gasteiger partial charge on any atom is 0.135 e. The predicted molar refractivity (Wildman–Crippen MR) is 43.6 cm³/mol. The molecule has 0 aromatic carbocycles. The topological polar surface area (TPSA) is 80.6 Å². The summed E-state index contributed by atoms with van der Waals surface area (Å²) in [5, 5.41) is 9.17. The standard InChI is InChI=1S/C6H16NO4P/c1-7(2,3)4-6(8)5-12(9,10)11/h6,8H,4-5H2,1-3H3,(H-,9,10,11)/t6-/m0/s1. The molecule has 0 aromatic rings. The third-order valence-electron chi connectivity index (χ3n) is 1.20. The van der Waals surface area contributed by atoms with Crippen LogP contribution in [0.15, 0.2) is 0 Å². The van der Waals surface area contributed by atoms with Crippen LogP contribution >= 0.6 is 7.60 Å². The van der Waals surface area contributed by atoms with Gasteiger partial charge in [-0.15, -0.1) is 0 Å². The van der Waals surface area contributed by atoms with Gasteiger partial charge in [0.25, 0.3) is 0 Å². The summed E-state index contributed by atoms with van der Waals surface area (Å²) in [6.45, 7) is 0.298. The molecule has 0 bridgehead atoms. The molecule has 0 aliphatic carbocycles. The Bertz CT molecular complexity index is 182. The summed E-state index contributed by atoms with van der Waals surface area (Å²) in [5.41, 5.74) is 0. The summed E-state index contributed by atoms with van der Waals surface area (Å²) >= 11 is 0. The van der Waals surface area contributed by atoms with Gasteiger partial charge in [-0.1, -0.05) is 0 Å². The van der Waals surface area contributed by atoms with Crippen LogP contribution in [0.4, 0.5) is 0 Å². The zero-order chi connectivity index (χ0) is 9.99. The molecule has 12 heavy (non-hydrogen) atoms. The summed E-state index contributed by atoms with van der Waals surface area (Å²) in [6.07, 6.45) is -1.57. The second kappa shape index (κ2) is 3.85. The van der Waals surface area contributed by atoms with Crippen molar-refractivity contribution in [2.75, 3.05) is 33.8 Å². The van der Waals surface area contributed by atoms with Gasteiger partial charge in [0, 0.05) is 6.16 Å². The molecule has 1 unspecified atom stereocenters. The molecule has 5 nitrogen and oxygen atoms in total. The second-order valence-corrected chi connectivity index (χ2v) is 5.59. The van der Waals surface area contributed by atoms with Crippen LogP contribution in [0, 0.1) is 0 Å². The van der Waals surface area contributed by atoms with E-state index >= 15 is 0 Å². The Labute approximate surface area is 72.4 Å². The lowest BCUT2D eigenvalue weighted by Gasteiger charge is -2.28. The Kier molecular flexibility index (Phi) is 3.87. The fourth-order valence-corrected chi connectivity index (χ4v) is 1.60. The molecule has 0 amide bonds. The molecule has 2 atom stereocenters. The number of quaternary nitrogens is 1. The van der Waals surface area contributed by atoms with Gasteiger partial charge in [-0.05, 0) is 0 Å². The summed E-state index contributed by atoms with van der Waals surface area (Å²) in [6, 6.07) is 0. The van der Waals surface area contributed by atoms with Crippen LogP contribution < -0.4 is 4.89 Å². The van der Waals surface area contributed by atoms with E-state index < -0.39 is 19.9 Å². The number of hydrogen-bond donors (Lipinski definition) is 2. The molecule has 0 saturated carbocycles. The number of aliphatic hydroxyl groups excluding tert-OH is 1. The number of hydrogen-bond acceptors (Lipinski definition) is 3. The second-order valence-electron chi connectivity index (χ2n) is 3.95. The van der Waals surface area contributed by atoms with E-state index in [2.05, 4.69) is 0 Å². The highest BCUT2D eigenvalue weighted by Crippen LogP contribution is 2.29. The number of likely N-dealkylation sites (N-methyl/N-ethyl adjacent to an activating group) is 1. The van der Waals surface area contributed by atoms with Gasteiger partial charge < -0.3 is 23.9 Å². The molecule has 0 radical (unpaired) electrons. The first-order chi connectivity index (χ1) is 5.10. The SMILES string of the molecule is C[N+](C)(C)C[C@H](O)CP(=O)([O-])O. The van der Waals surface area contributed by atoms with Crippen LogP contribution in [-0.2, 0) is 4.57 Å². The summed E-state index contributed by atoms with van der Waals surface area (Å²) in [7, 11) is 1.17. The van der Waals surface area contributed by atoms with E-state index in [1.54, 1.807) is 0 Å². The first kappa shape index (κ1) is 12.1. The van der Waals surface area contributed by atoms with Crippen LogP contribution in [-0.4, -0.2) is 54.4 Å².